The van der Waals surface area contributed by atoms with Crippen LogP contribution in [0.5, 0.6) is 0 Å². The second-order valence-corrected chi connectivity index (χ2v) is 4.98. The van der Waals surface area contributed by atoms with E-state index in [1.807, 2.05) is 30.3 Å². The molecule has 2 aromatic rings. The van der Waals surface area contributed by atoms with Crippen LogP contribution in [0.25, 0.3) is 0 Å². The quantitative estimate of drug-likeness (QED) is 0.462. The molecular weight excluding hydrogens is 264 g/mol. The Labute approximate surface area is 114 Å². The molecule has 0 bridgehead atoms. The van der Waals surface area contributed by atoms with Crippen molar-refractivity contribution in [3.8, 4) is 0 Å². The molecule has 6 heteroatoms. The lowest BCUT2D eigenvalue weighted by Gasteiger charge is -2.11. The summed E-state index contributed by atoms with van der Waals surface area (Å²) < 4.78 is 0. The maximum atomic E-state index is 12.0. The molecular formula is C13H12N2O3S. The van der Waals surface area contributed by atoms with E-state index in [0.717, 1.165) is 5.56 Å². The second kappa shape index (κ2) is 6.19. The number of thiazole rings is 1. The zero-order valence-corrected chi connectivity index (χ0v) is 10.9. The summed E-state index contributed by atoms with van der Waals surface area (Å²) >= 11 is 1.26. The Kier molecular flexibility index (Phi) is 4.35. The van der Waals surface area contributed by atoms with Gasteiger partial charge in [-0.1, -0.05) is 30.3 Å². The number of nitro groups is 1. The van der Waals surface area contributed by atoms with Crippen LogP contribution in [0.2, 0.25) is 0 Å². The molecule has 19 heavy (non-hydrogen) atoms. The summed E-state index contributed by atoms with van der Waals surface area (Å²) in [6.07, 6.45) is 1.67. The van der Waals surface area contributed by atoms with Crippen LogP contribution in [-0.4, -0.2) is 22.2 Å². The smallest absolute Gasteiger partial charge is 0.211 e. The first-order valence-corrected chi connectivity index (χ1v) is 6.64. The van der Waals surface area contributed by atoms with Crippen molar-refractivity contribution in [2.45, 2.75) is 12.3 Å². The normalized spacial score (nSPS) is 12.0. The van der Waals surface area contributed by atoms with E-state index >= 15 is 0 Å². The number of hydrogen-bond donors (Lipinski definition) is 0. The zero-order chi connectivity index (χ0) is 13.7. The summed E-state index contributed by atoms with van der Waals surface area (Å²) in [5, 5.41) is 12.9. The van der Waals surface area contributed by atoms with Crippen LogP contribution < -0.4 is 0 Å². The molecule has 0 spiro atoms. The van der Waals surface area contributed by atoms with Crippen LogP contribution in [0.1, 0.15) is 27.7 Å². The van der Waals surface area contributed by atoms with Gasteiger partial charge in [-0.15, -0.1) is 11.3 Å². The molecule has 1 atom stereocenters. The zero-order valence-electron chi connectivity index (χ0n) is 10.1. The fraction of sp³-hybridized carbons (Fsp3) is 0.231. The molecule has 1 aromatic heterocycles. The van der Waals surface area contributed by atoms with E-state index in [1.165, 1.54) is 11.3 Å². The number of carbonyl (C=O) groups is 1. The van der Waals surface area contributed by atoms with Crippen molar-refractivity contribution in [2.24, 2.45) is 0 Å². The number of rotatable bonds is 6. The van der Waals surface area contributed by atoms with Gasteiger partial charge in [0.25, 0.3) is 0 Å². The largest absolute Gasteiger partial charge is 0.291 e. The molecule has 0 saturated carbocycles. The molecule has 1 unspecified atom stereocenters. The highest BCUT2D eigenvalue weighted by atomic mass is 32.1. The minimum Gasteiger partial charge on any atom is -0.291 e. The summed E-state index contributed by atoms with van der Waals surface area (Å²) in [6, 6.07) is 9.09. The second-order valence-electron chi connectivity index (χ2n) is 4.09. The van der Waals surface area contributed by atoms with E-state index in [4.69, 9.17) is 0 Å². The van der Waals surface area contributed by atoms with Crippen molar-refractivity contribution in [3.63, 3.8) is 0 Å². The Bertz CT molecular complexity index is 555. The third-order valence-corrected chi connectivity index (χ3v) is 3.56. The number of aromatic nitrogens is 1. The monoisotopic (exact) mass is 276 g/mol. The Balaban J connectivity index is 2.15. The lowest BCUT2D eigenvalue weighted by Crippen LogP contribution is -2.16. The Morgan fingerprint density at radius 2 is 2.11 bits per heavy atom. The first-order chi connectivity index (χ1) is 9.16. The predicted octanol–water partition coefficient (Wildman–Crippen LogP) is 2.78. The molecule has 5 nitrogen and oxygen atoms in total. The van der Waals surface area contributed by atoms with Crippen molar-refractivity contribution in [2.75, 3.05) is 6.54 Å². The minimum absolute atomic E-state index is 0.110. The lowest BCUT2D eigenvalue weighted by atomic mass is 9.94. The fourth-order valence-electron chi connectivity index (χ4n) is 1.87. The Hall–Kier alpha value is -2.08. The van der Waals surface area contributed by atoms with Crippen LogP contribution in [-0.2, 0) is 0 Å². The summed E-state index contributed by atoms with van der Waals surface area (Å²) in [7, 11) is 0. The first kappa shape index (κ1) is 13.4. The predicted molar refractivity (Wildman–Crippen MR) is 72.1 cm³/mol. The van der Waals surface area contributed by atoms with Gasteiger partial charge in [-0.05, 0) is 5.56 Å². The number of Topliss-reactive ketones (excluding diaryl/α,β-unsaturated/α-hetero) is 1. The SMILES string of the molecule is O=C(CC(C[N+](=O)[O-])c1ccccc1)c1nccs1. The van der Waals surface area contributed by atoms with E-state index in [-0.39, 0.29) is 23.7 Å². The van der Waals surface area contributed by atoms with Gasteiger partial charge in [-0.2, -0.15) is 0 Å². The van der Waals surface area contributed by atoms with Gasteiger partial charge in [0.05, 0.1) is 5.92 Å². The molecule has 0 amide bonds. The molecule has 0 aliphatic heterocycles. The summed E-state index contributed by atoms with van der Waals surface area (Å²) in [5.74, 6) is -0.557. The number of nitrogens with zero attached hydrogens (tertiary/aromatic N) is 2. The maximum absolute atomic E-state index is 12.0. The van der Waals surface area contributed by atoms with Gasteiger partial charge >= 0.3 is 0 Å². The molecule has 0 radical (unpaired) electrons. The summed E-state index contributed by atoms with van der Waals surface area (Å²) in [5.41, 5.74) is 0.809. The van der Waals surface area contributed by atoms with Crippen LogP contribution in [0.4, 0.5) is 0 Å². The molecule has 0 saturated heterocycles. The average Bonchev–Trinajstić information content (AvgIpc) is 2.92. The molecule has 0 fully saturated rings. The number of benzene rings is 1. The van der Waals surface area contributed by atoms with Crippen LogP contribution in [0.3, 0.4) is 0 Å². The topological polar surface area (TPSA) is 73.1 Å². The lowest BCUT2D eigenvalue weighted by molar-refractivity contribution is -0.483. The van der Waals surface area contributed by atoms with Gasteiger partial charge in [-0.25, -0.2) is 4.98 Å². The van der Waals surface area contributed by atoms with E-state index in [2.05, 4.69) is 4.98 Å². The molecule has 1 heterocycles. The standard InChI is InChI=1S/C13H12N2O3S/c16-12(13-14-6-7-19-13)8-11(9-15(17)18)10-4-2-1-3-5-10/h1-7,11H,8-9H2. The van der Waals surface area contributed by atoms with Gasteiger partial charge in [0.15, 0.2) is 10.8 Å². The highest BCUT2D eigenvalue weighted by Gasteiger charge is 2.23. The molecule has 0 aliphatic rings. The average molecular weight is 276 g/mol. The third-order valence-electron chi connectivity index (χ3n) is 2.74. The number of carbonyl (C=O) groups excluding carboxylic acids is 1. The van der Waals surface area contributed by atoms with E-state index < -0.39 is 5.92 Å². The maximum Gasteiger partial charge on any atom is 0.211 e. The van der Waals surface area contributed by atoms with Crippen molar-refractivity contribution in [1.82, 2.24) is 4.98 Å². The molecule has 98 valence electrons. The van der Waals surface area contributed by atoms with Crippen LogP contribution >= 0.6 is 11.3 Å². The van der Waals surface area contributed by atoms with Gasteiger partial charge < -0.3 is 0 Å². The Morgan fingerprint density at radius 3 is 2.68 bits per heavy atom. The summed E-state index contributed by atoms with van der Waals surface area (Å²) in [4.78, 5) is 26.3. The van der Waals surface area contributed by atoms with E-state index in [0.29, 0.717) is 5.01 Å². The first-order valence-electron chi connectivity index (χ1n) is 5.76. The minimum atomic E-state index is -0.410. The molecule has 0 aliphatic carbocycles. The molecule has 2 rings (SSSR count). The van der Waals surface area contributed by atoms with Crippen LogP contribution in [0.15, 0.2) is 41.9 Å². The molecule has 0 N–H and O–H groups in total. The third kappa shape index (κ3) is 3.69. The highest BCUT2D eigenvalue weighted by molar-refractivity contribution is 7.11. The van der Waals surface area contributed by atoms with Gasteiger partial charge in [-0.3, -0.25) is 14.9 Å². The molecule has 1 aromatic carbocycles. The number of ketones is 1. The van der Waals surface area contributed by atoms with Crippen LogP contribution in [0, 0.1) is 10.1 Å². The van der Waals surface area contributed by atoms with E-state index in [1.54, 1.807) is 11.6 Å². The fourth-order valence-corrected chi connectivity index (χ4v) is 2.45. The summed E-state index contributed by atoms with van der Waals surface area (Å²) in [6.45, 7) is -0.249. The van der Waals surface area contributed by atoms with Crippen molar-refractivity contribution < 1.29 is 9.72 Å². The highest BCUT2D eigenvalue weighted by Crippen LogP contribution is 2.22. The van der Waals surface area contributed by atoms with Crippen molar-refractivity contribution in [3.05, 3.63) is 62.6 Å². The Morgan fingerprint density at radius 1 is 1.37 bits per heavy atom. The van der Waals surface area contributed by atoms with Gasteiger partial charge in [0.1, 0.15) is 0 Å². The van der Waals surface area contributed by atoms with Gasteiger partial charge in [0.2, 0.25) is 6.54 Å². The van der Waals surface area contributed by atoms with Gasteiger partial charge in [0, 0.05) is 22.9 Å². The van der Waals surface area contributed by atoms with Crippen molar-refractivity contribution in [1.29, 1.82) is 0 Å². The van der Waals surface area contributed by atoms with Crippen molar-refractivity contribution >= 4 is 17.1 Å². The van der Waals surface area contributed by atoms with E-state index in [9.17, 15) is 14.9 Å². The number of hydrogen-bond acceptors (Lipinski definition) is 5.